The van der Waals surface area contributed by atoms with Crippen molar-refractivity contribution < 1.29 is 4.79 Å². The van der Waals surface area contributed by atoms with Gasteiger partial charge in [-0.1, -0.05) is 6.92 Å². The van der Waals surface area contributed by atoms with E-state index in [1.807, 2.05) is 38.9 Å². The Balaban J connectivity index is 2.76. The van der Waals surface area contributed by atoms with Gasteiger partial charge in [0.15, 0.2) is 5.78 Å². The largest absolute Gasteiger partial charge is 0.309 e. The minimum Gasteiger partial charge on any atom is -0.309 e. The summed E-state index contributed by atoms with van der Waals surface area (Å²) in [5, 5.41) is 0. The van der Waals surface area contributed by atoms with Crippen LogP contribution in [-0.4, -0.2) is 31.3 Å². The Labute approximate surface area is 103 Å². The molecule has 0 spiro atoms. The van der Waals surface area contributed by atoms with Gasteiger partial charge in [-0.25, -0.2) is 0 Å². The minimum atomic E-state index is 0.0601. The molecule has 0 aliphatic heterocycles. The van der Waals surface area contributed by atoms with Crippen LogP contribution in [0.3, 0.4) is 0 Å². The number of Topliss-reactive ketones (excluding diaryl/α,β-unsaturated/α-hetero) is 1. The van der Waals surface area contributed by atoms with E-state index in [2.05, 4.69) is 15.9 Å². The first-order valence-electron chi connectivity index (χ1n) is 4.86. The summed E-state index contributed by atoms with van der Waals surface area (Å²) in [6.45, 7) is 4.79. The van der Waals surface area contributed by atoms with Gasteiger partial charge in [0.25, 0.3) is 0 Å². The molecular weight excluding hydrogens is 274 g/mol. The van der Waals surface area contributed by atoms with Crippen molar-refractivity contribution in [1.29, 1.82) is 0 Å². The van der Waals surface area contributed by atoms with E-state index < -0.39 is 0 Å². The first-order chi connectivity index (χ1) is 6.91. The quantitative estimate of drug-likeness (QED) is 0.794. The highest BCUT2D eigenvalue weighted by atomic mass is 79.9. The predicted octanol–water partition coefficient (Wildman–Crippen LogP) is 3.20. The van der Waals surface area contributed by atoms with Gasteiger partial charge in [-0.05, 0) is 43.0 Å². The molecule has 84 valence electrons. The Morgan fingerprint density at radius 3 is 2.60 bits per heavy atom. The zero-order valence-corrected chi connectivity index (χ0v) is 11.9. The first kappa shape index (κ1) is 12.9. The molecule has 4 heteroatoms. The summed E-state index contributed by atoms with van der Waals surface area (Å²) in [5.41, 5.74) is 0. The summed E-state index contributed by atoms with van der Waals surface area (Å²) < 4.78 is 1.04. The molecule has 0 fully saturated rings. The lowest BCUT2D eigenvalue weighted by atomic mass is 10.1. The van der Waals surface area contributed by atoms with E-state index in [0.29, 0.717) is 0 Å². The SMILES string of the molecule is Cc1sc(C(=O)C(C)CN(C)C)cc1Br. The second kappa shape index (κ2) is 5.23. The maximum atomic E-state index is 12.0. The predicted molar refractivity (Wildman–Crippen MR) is 68.8 cm³/mol. The molecule has 1 heterocycles. The Kier molecular flexibility index (Phi) is 4.49. The van der Waals surface area contributed by atoms with E-state index in [1.165, 1.54) is 0 Å². The molecule has 0 saturated heterocycles. The number of hydrogen-bond acceptors (Lipinski definition) is 3. The second-order valence-corrected chi connectivity index (χ2v) is 6.15. The molecule has 0 N–H and O–H groups in total. The summed E-state index contributed by atoms with van der Waals surface area (Å²) in [6.07, 6.45) is 0. The van der Waals surface area contributed by atoms with Crippen LogP contribution >= 0.6 is 27.3 Å². The average molecular weight is 290 g/mol. The van der Waals surface area contributed by atoms with E-state index >= 15 is 0 Å². The molecule has 15 heavy (non-hydrogen) atoms. The first-order valence-corrected chi connectivity index (χ1v) is 6.47. The van der Waals surface area contributed by atoms with Gasteiger partial charge in [-0.15, -0.1) is 11.3 Å². The zero-order chi connectivity index (χ0) is 11.6. The molecule has 1 unspecified atom stereocenters. The van der Waals surface area contributed by atoms with Gasteiger partial charge in [0, 0.05) is 21.8 Å². The van der Waals surface area contributed by atoms with Crippen molar-refractivity contribution in [3.63, 3.8) is 0 Å². The number of thiophene rings is 1. The number of rotatable bonds is 4. The summed E-state index contributed by atoms with van der Waals surface area (Å²) >= 11 is 5.00. The monoisotopic (exact) mass is 289 g/mol. The normalized spacial score (nSPS) is 13.2. The Morgan fingerprint density at radius 2 is 2.20 bits per heavy atom. The van der Waals surface area contributed by atoms with E-state index in [4.69, 9.17) is 0 Å². The topological polar surface area (TPSA) is 20.3 Å². The van der Waals surface area contributed by atoms with Crippen LogP contribution in [-0.2, 0) is 0 Å². The highest BCUT2D eigenvalue weighted by Crippen LogP contribution is 2.28. The van der Waals surface area contributed by atoms with E-state index in [9.17, 15) is 4.79 Å². The fraction of sp³-hybridized carbons (Fsp3) is 0.545. The lowest BCUT2D eigenvalue weighted by Gasteiger charge is -2.14. The van der Waals surface area contributed by atoms with Crippen molar-refractivity contribution in [2.75, 3.05) is 20.6 Å². The smallest absolute Gasteiger partial charge is 0.176 e. The van der Waals surface area contributed by atoms with Gasteiger partial charge < -0.3 is 4.90 Å². The van der Waals surface area contributed by atoms with Gasteiger partial charge in [0.1, 0.15) is 0 Å². The Bertz CT molecular complexity index is 340. The highest BCUT2D eigenvalue weighted by Gasteiger charge is 2.18. The lowest BCUT2D eigenvalue weighted by molar-refractivity contribution is 0.0914. The maximum absolute atomic E-state index is 12.0. The molecule has 0 bridgehead atoms. The molecule has 2 nitrogen and oxygen atoms in total. The lowest BCUT2D eigenvalue weighted by Crippen LogP contribution is -2.25. The van der Waals surface area contributed by atoms with Crippen LogP contribution in [0, 0.1) is 12.8 Å². The summed E-state index contributed by atoms with van der Waals surface area (Å²) in [4.78, 5) is 16.1. The highest BCUT2D eigenvalue weighted by molar-refractivity contribution is 9.10. The van der Waals surface area contributed by atoms with E-state index in [-0.39, 0.29) is 11.7 Å². The number of carbonyl (C=O) groups excluding carboxylic acids is 1. The van der Waals surface area contributed by atoms with Crippen LogP contribution in [0.5, 0.6) is 0 Å². The fourth-order valence-corrected chi connectivity index (χ4v) is 3.04. The zero-order valence-electron chi connectivity index (χ0n) is 9.50. The van der Waals surface area contributed by atoms with Gasteiger partial charge in [-0.3, -0.25) is 4.79 Å². The third-order valence-corrected chi connectivity index (χ3v) is 4.34. The molecule has 0 radical (unpaired) electrons. The summed E-state index contributed by atoms with van der Waals surface area (Å²) in [6, 6.07) is 1.93. The molecule has 0 amide bonds. The van der Waals surface area contributed by atoms with Crippen LogP contribution in [0.25, 0.3) is 0 Å². The third-order valence-electron chi connectivity index (χ3n) is 2.19. The molecular formula is C11H16BrNOS. The number of nitrogens with zero attached hydrogens (tertiary/aromatic N) is 1. The molecule has 1 atom stereocenters. The van der Waals surface area contributed by atoms with Crippen molar-refractivity contribution in [1.82, 2.24) is 4.90 Å². The standard InChI is InChI=1S/C11H16BrNOS/c1-7(6-13(3)4)11(14)10-5-9(12)8(2)15-10/h5,7H,6H2,1-4H3. The van der Waals surface area contributed by atoms with Crippen LogP contribution in [0.4, 0.5) is 0 Å². The minimum absolute atomic E-state index is 0.0601. The molecule has 0 aromatic carbocycles. The van der Waals surface area contributed by atoms with Crippen molar-refractivity contribution in [2.45, 2.75) is 13.8 Å². The molecule has 1 rings (SSSR count). The van der Waals surface area contributed by atoms with E-state index in [0.717, 1.165) is 20.8 Å². The molecule has 0 aliphatic carbocycles. The van der Waals surface area contributed by atoms with Gasteiger partial charge >= 0.3 is 0 Å². The van der Waals surface area contributed by atoms with Crippen LogP contribution in [0.15, 0.2) is 10.5 Å². The number of aryl methyl sites for hydroxylation is 1. The third kappa shape index (κ3) is 3.40. The van der Waals surface area contributed by atoms with Crippen LogP contribution in [0.2, 0.25) is 0 Å². The number of hydrogen-bond donors (Lipinski definition) is 0. The van der Waals surface area contributed by atoms with Crippen molar-refractivity contribution in [3.05, 3.63) is 20.3 Å². The Morgan fingerprint density at radius 1 is 1.60 bits per heavy atom. The Hall–Kier alpha value is -0.190. The van der Waals surface area contributed by atoms with E-state index in [1.54, 1.807) is 11.3 Å². The molecule has 1 aromatic rings. The molecule has 1 aromatic heterocycles. The number of ketones is 1. The van der Waals surface area contributed by atoms with Gasteiger partial charge in [0.2, 0.25) is 0 Å². The molecule has 0 aliphatic rings. The average Bonchev–Trinajstić information content (AvgIpc) is 2.44. The summed E-state index contributed by atoms with van der Waals surface area (Å²) in [5.74, 6) is 0.299. The number of carbonyl (C=O) groups is 1. The van der Waals surface area contributed by atoms with Crippen LogP contribution in [0.1, 0.15) is 21.5 Å². The van der Waals surface area contributed by atoms with Crippen molar-refractivity contribution in [2.24, 2.45) is 5.92 Å². The fourth-order valence-electron chi connectivity index (χ4n) is 1.45. The van der Waals surface area contributed by atoms with Crippen LogP contribution < -0.4 is 0 Å². The second-order valence-electron chi connectivity index (χ2n) is 4.04. The number of halogens is 1. The van der Waals surface area contributed by atoms with Crippen molar-refractivity contribution >= 4 is 33.0 Å². The molecule has 0 saturated carbocycles. The summed E-state index contributed by atoms with van der Waals surface area (Å²) in [7, 11) is 3.97. The van der Waals surface area contributed by atoms with Gasteiger partial charge in [0.05, 0.1) is 4.88 Å². The van der Waals surface area contributed by atoms with Crippen molar-refractivity contribution in [3.8, 4) is 0 Å². The maximum Gasteiger partial charge on any atom is 0.176 e. The van der Waals surface area contributed by atoms with Gasteiger partial charge in [-0.2, -0.15) is 0 Å².